The predicted molar refractivity (Wildman–Crippen MR) is 51.5 cm³/mol. The minimum atomic E-state index is -1.20. The van der Waals surface area contributed by atoms with Crippen LogP contribution in [0.3, 0.4) is 0 Å². The first kappa shape index (κ1) is 10.5. The minimum Gasteiger partial charge on any atom is -0.446 e. The van der Waals surface area contributed by atoms with Gasteiger partial charge in [0.05, 0.1) is 0 Å². The average molecular weight is 195 g/mol. The predicted octanol–water partition coefficient (Wildman–Crippen LogP) is 0.989. The van der Waals surface area contributed by atoms with E-state index in [1.54, 1.807) is 31.2 Å². The topological polar surface area (TPSA) is 72.6 Å². The highest BCUT2D eigenvalue weighted by Crippen LogP contribution is 2.20. The van der Waals surface area contributed by atoms with Crippen LogP contribution in [-0.2, 0) is 10.3 Å². The molecule has 0 bridgehead atoms. The number of primary amides is 1. The summed E-state index contributed by atoms with van der Waals surface area (Å²) in [6.45, 7) is 1.41. The highest BCUT2D eigenvalue weighted by molar-refractivity contribution is 5.64. The van der Waals surface area contributed by atoms with Crippen molar-refractivity contribution in [2.24, 2.45) is 5.73 Å². The number of ether oxygens (including phenoxy) is 1. The molecular weight excluding hydrogens is 182 g/mol. The van der Waals surface area contributed by atoms with Gasteiger partial charge in [0, 0.05) is 0 Å². The molecule has 0 saturated heterocycles. The molecule has 1 amide bonds. The van der Waals surface area contributed by atoms with Crippen LogP contribution in [0.5, 0.6) is 0 Å². The first-order valence-corrected chi connectivity index (χ1v) is 4.22. The Labute approximate surface area is 82.3 Å². The van der Waals surface area contributed by atoms with E-state index in [4.69, 9.17) is 5.73 Å². The van der Waals surface area contributed by atoms with E-state index in [-0.39, 0.29) is 6.61 Å². The molecule has 0 aromatic heterocycles. The lowest BCUT2D eigenvalue weighted by atomic mass is 9.97. The fraction of sp³-hybridized carbons (Fsp3) is 0.300. The number of carbonyl (C=O) groups is 1. The van der Waals surface area contributed by atoms with Crippen LogP contribution in [0.15, 0.2) is 30.3 Å². The monoisotopic (exact) mass is 195 g/mol. The summed E-state index contributed by atoms with van der Waals surface area (Å²) < 4.78 is 4.55. The van der Waals surface area contributed by atoms with E-state index < -0.39 is 11.7 Å². The Bertz CT molecular complexity index is 308. The maximum Gasteiger partial charge on any atom is 0.404 e. The van der Waals surface area contributed by atoms with Crippen LogP contribution in [0.25, 0.3) is 0 Å². The van der Waals surface area contributed by atoms with E-state index in [0.717, 1.165) is 0 Å². The third kappa shape index (κ3) is 2.74. The van der Waals surface area contributed by atoms with Crippen LogP contribution < -0.4 is 5.73 Å². The van der Waals surface area contributed by atoms with Gasteiger partial charge < -0.3 is 15.6 Å². The highest BCUT2D eigenvalue weighted by Gasteiger charge is 2.24. The summed E-state index contributed by atoms with van der Waals surface area (Å²) in [4.78, 5) is 10.4. The normalized spacial score (nSPS) is 14.4. The molecule has 0 aliphatic rings. The summed E-state index contributed by atoms with van der Waals surface area (Å²) in [5.74, 6) is 0. The second kappa shape index (κ2) is 4.11. The minimum absolute atomic E-state index is 0.146. The number of hydrogen-bond acceptors (Lipinski definition) is 3. The van der Waals surface area contributed by atoms with Gasteiger partial charge in [-0.15, -0.1) is 0 Å². The van der Waals surface area contributed by atoms with Gasteiger partial charge in [0.2, 0.25) is 0 Å². The van der Waals surface area contributed by atoms with Crippen molar-refractivity contribution in [1.29, 1.82) is 0 Å². The lowest BCUT2D eigenvalue weighted by molar-refractivity contribution is -0.00914. The van der Waals surface area contributed by atoms with Gasteiger partial charge in [-0.2, -0.15) is 0 Å². The molecule has 4 heteroatoms. The Hall–Kier alpha value is -1.55. The van der Waals surface area contributed by atoms with Crippen molar-refractivity contribution in [3.8, 4) is 0 Å². The SMILES string of the molecule is CC(O)(COC(N)=O)c1ccccc1. The number of aliphatic hydroxyl groups is 1. The number of nitrogens with two attached hydrogens (primary N) is 1. The van der Waals surface area contributed by atoms with Gasteiger partial charge in [0.1, 0.15) is 12.2 Å². The number of hydrogen-bond donors (Lipinski definition) is 2. The fourth-order valence-corrected chi connectivity index (χ4v) is 1.09. The number of benzene rings is 1. The van der Waals surface area contributed by atoms with Gasteiger partial charge in [-0.1, -0.05) is 30.3 Å². The second-order valence-corrected chi connectivity index (χ2v) is 3.25. The van der Waals surface area contributed by atoms with Crippen LogP contribution in [0.1, 0.15) is 12.5 Å². The van der Waals surface area contributed by atoms with Crippen molar-refractivity contribution in [3.05, 3.63) is 35.9 Å². The molecule has 1 unspecified atom stereocenters. The van der Waals surface area contributed by atoms with Crippen LogP contribution in [-0.4, -0.2) is 17.8 Å². The molecule has 4 nitrogen and oxygen atoms in total. The standard InChI is InChI=1S/C10H13NO3/c1-10(13,7-14-9(11)12)8-5-3-2-4-6-8/h2-6,13H,7H2,1H3,(H2,11,12). The molecule has 1 rings (SSSR count). The van der Waals surface area contributed by atoms with Gasteiger partial charge in [-0.05, 0) is 12.5 Å². The fourth-order valence-electron chi connectivity index (χ4n) is 1.09. The van der Waals surface area contributed by atoms with Crippen LogP contribution >= 0.6 is 0 Å². The molecule has 0 spiro atoms. The Morgan fingerprint density at radius 2 is 2.07 bits per heavy atom. The molecule has 1 aromatic carbocycles. The van der Waals surface area contributed by atoms with E-state index >= 15 is 0 Å². The summed E-state index contributed by atoms with van der Waals surface area (Å²) in [6.07, 6.45) is -0.888. The van der Waals surface area contributed by atoms with Gasteiger partial charge >= 0.3 is 6.09 Å². The Balaban J connectivity index is 2.70. The smallest absolute Gasteiger partial charge is 0.404 e. The average Bonchev–Trinajstić information content (AvgIpc) is 2.16. The van der Waals surface area contributed by atoms with Crippen LogP contribution in [0.2, 0.25) is 0 Å². The van der Waals surface area contributed by atoms with E-state index in [2.05, 4.69) is 4.74 Å². The molecular formula is C10H13NO3. The van der Waals surface area contributed by atoms with Gasteiger partial charge in [0.25, 0.3) is 0 Å². The molecule has 0 heterocycles. The van der Waals surface area contributed by atoms with Crippen LogP contribution in [0.4, 0.5) is 4.79 Å². The van der Waals surface area contributed by atoms with Crippen LogP contribution in [0, 0.1) is 0 Å². The quantitative estimate of drug-likeness (QED) is 0.755. The molecule has 0 saturated carbocycles. The largest absolute Gasteiger partial charge is 0.446 e. The molecule has 1 atom stereocenters. The first-order valence-electron chi connectivity index (χ1n) is 4.22. The number of carbonyl (C=O) groups excluding carboxylic acids is 1. The van der Waals surface area contributed by atoms with Crippen molar-refractivity contribution in [3.63, 3.8) is 0 Å². The third-order valence-corrected chi connectivity index (χ3v) is 1.89. The van der Waals surface area contributed by atoms with Crippen molar-refractivity contribution in [1.82, 2.24) is 0 Å². The van der Waals surface area contributed by atoms with Crippen molar-refractivity contribution < 1.29 is 14.6 Å². The molecule has 0 aliphatic heterocycles. The molecule has 0 fully saturated rings. The van der Waals surface area contributed by atoms with Crippen molar-refractivity contribution >= 4 is 6.09 Å². The van der Waals surface area contributed by atoms with Gasteiger partial charge in [-0.3, -0.25) is 0 Å². The molecule has 0 radical (unpaired) electrons. The zero-order chi connectivity index (χ0) is 10.6. The summed E-state index contributed by atoms with van der Waals surface area (Å²) in [7, 11) is 0. The van der Waals surface area contributed by atoms with Gasteiger partial charge in [0.15, 0.2) is 0 Å². The zero-order valence-corrected chi connectivity index (χ0v) is 7.93. The Morgan fingerprint density at radius 1 is 1.50 bits per heavy atom. The number of rotatable bonds is 3. The molecule has 76 valence electrons. The molecule has 3 N–H and O–H groups in total. The number of amides is 1. The van der Waals surface area contributed by atoms with E-state index in [1.165, 1.54) is 0 Å². The summed E-state index contributed by atoms with van der Waals surface area (Å²) in [5, 5.41) is 9.90. The summed E-state index contributed by atoms with van der Waals surface area (Å²) >= 11 is 0. The van der Waals surface area contributed by atoms with E-state index in [0.29, 0.717) is 5.56 Å². The lowest BCUT2D eigenvalue weighted by Gasteiger charge is -2.22. The highest BCUT2D eigenvalue weighted by atomic mass is 16.6. The van der Waals surface area contributed by atoms with Crippen molar-refractivity contribution in [2.75, 3.05) is 6.61 Å². The molecule has 14 heavy (non-hydrogen) atoms. The maximum absolute atomic E-state index is 10.4. The second-order valence-electron chi connectivity index (χ2n) is 3.25. The van der Waals surface area contributed by atoms with E-state index in [1.807, 2.05) is 6.07 Å². The first-order chi connectivity index (χ1) is 6.52. The molecule has 1 aromatic rings. The Kier molecular flexibility index (Phi) is 3.09. The third-order valence-electron chi connectivity index (χ3n) is 1.89. The Morgan fingerprint density at radius 3 is 2.57 bits per heavy atom. The maximum atomic E-state index is 10.4. The van der Waals surface area contributed by atoms with Crippen molar-refractivity contribution in [2.45, 2.75) is 12.5 Å². The lowest BCUT2D eigenvalue weighted by Crippen LogP contribution is -2.30. The van der Waals surface area contributed by atoms with E-state index in [9.17, 15) is 9.90 Å². The summed E-state index contributed by atoms with van der Waals surface area (Å²) in [6, 6.07) is 8.95. The summed E-state index contributed by atoms with van der Waals surface area (Å²) in [5.41, 5.74) is 4.29. The van der Waals surface area contributed by atoms with Gasteiger partial charge in [-0.25, -0.2) is 4.79 Å². The zero-order valence-electron chi connectivity index (χ0n) is 7.93. The molecule has 0 aliphatic carbocycles.